The lowest BCUT2D eigenvalue weighted by atomic mass is 10.2. The van der Waals surface area contributed by atoms with E-state index in [9.17, 15) is 13.2 Å². The summed E-state index contributed by atoms with van der Waals surface area (Å²) < 4.78 is 22.1. The third-order valence-corrected chi connectivity index (χ3v) is 4.70. The van der Waals surface area contributed by atoms with Crippen molar-refractivity contribution >= 4 is 33.4 Å². The van der Waals surface area contributed by atoms with Crippen LogP contribution in [0.1, 0.15) is 22.8 Å². The summed E-state index contributed by atoms with van der Waals surface area (Å²) in [4.78, 5) is 13.3. The van der Waals surface area contributed by atoms with Crippen LogP contribution in [0.15, 0.2) is 53.4 Å². The Balaban J connectivity index is 2.12. The molecule has 0 aliphatic heterocycles. The van der Waals surface area contributed by atoms with E-state index >= 15 is 0 Å². The van der Waals surface area contributed by atoms with Crippen LogP contribution >= 0.6 is 11.8 Å². The topological polar surface area (TPSA) is 89.3 Å². The monoisotopic (exact) mass is 350 g/mol. The first-order chi connectivity index (χ1) is 10.9. The molecule has 0 saturated carbocycles. The van der Waals surface area contributed by atoms with Gasteiger partial charge in [0, 0.05) is 10.6 Å². The summed E-state index contributed by atoms with van der Waals surface area (Å²) in [6.45, 7) is 2.03. The molecule has 0 spiro atoms. The zero-order chi connectivity index (χ0) is 16.9. The summed E-state index contributed by atoms with van der Waals surface area (Å²) in [6.07, 6.45) is 0. The Kier molecular flexibility index (Phi) is 5.81. The second-order valence-electron chi connectivity index (χ2n) is 4.89. The summed E-state index contributed by atoms with van der Waals surface area (Å²) in [5.74, 6) is 0.463. The fourth-order valence-corrected chi connectivity index (χ4v) is 3.51. The molecule has 0 aliphatic rings. The molecule has 5 nitrogen and oxygen atoms in total. The van der Waals surface area contributed by atoms with Gasteiger partial charge < -0.3 is 5.32 Å². The normalized spacial score (nSPS) is 11.2. The maximum absolute atomic E-state index is 12.4. The summed E-state index contributed by atoms with van der Waals surface area (Å²) in [6, 6.07) is 14.0. The molecule has 2 rings (SSSR count). The number of rotatable bonds is 6. The largest absolute Gasteiger partial charge is 0.322 e. The van der Waals surface area contributed by atoms with Gasteiger partial charge in [-0.1, -0.05) is 31.2 Å². The molecule has 0 atom stereocenters. The van der Waals surface area contributed by atoms with Crippen LogP contribution in [0.3, 0.4) is 0 Å². The van der Waals surface area contributed by atoms with Gasteiger partial charge in [-0.2, -0.15) is 0 Å². The van der Waals surface area contributed by atoms with Crippen molar-refractivity contribution in [3.8, 4) is 0 Å². The minimum atomic E-state index is -3.56. The van der Waals surface area contributed by atoms with E-state index in [1.165, 1.54) is 0 Å². The highest BCUT2D eigenvalue weighted by Crippen LogP contribution is 2.23. The first kappa shape index (κ1) is 17.5. The highest BCUT2D eigenvalue weighted by molar-refractivity contribution is 7.99. The number of hydrogen-bond acceptors (Lipinski definition) is 4. The predicted octanol–water partition coefficient (Wildman–Crippen LogP) is 2.84. The number of thioether (sulfide) groups is 1. The van der Waals surface area contributed by atoms with Crippen LogP contribution in [0.2, 0.25) is 0 Å². The third-order valence-electron chi connectivity index (χ3n) is 3.01. The Bertz CT molecular complexity index is 787. The molecule has 0 aliphatic carbocycles. The molecule has 2 aromatic carbocycles. The number of amides is 1. The molecule has 2 aromatic rings. The summed E-state index contributed by atoms with van der Waals surface area (Å²) in [5.41, 5.74) is 1.80. The highest BCUT2D eigenvalue weighted by atomic mass is 32.2. The SMILES string of the molecule is CCSc1ccccc1C(=O)Nc1ccc(CS(N)(=O)=O)cc1. The highest BCUT2D eigenvalue weighted by Gasteiger charge is 2.11. The molecular weight excluding hydrogens is 332 g/mol. The maximum atomic E-state index is 12.4. The van der Waals surface area contributed by atoms with Gasteiger partial charge in [-0.05, 0) is 35.6 Å². The standard InChI is InChI=1S/C16H18N2O3S2/c1-2-22-15-6-4-3-5-14(15)16(19)18-13-9-7-12(8-10-13)11-23(17,20)21/h3-10H,2,11H2,1H3,(H,18,19)(H2,17,20,21). The Hall–Kier alpha value is -1.83. The Morgan fingerprint density at radius 3 is 2.39 bits per heavy atom. The van der Waals surface area contributed by atoms with Crippen molar-refractivity contribution in [2.24, 2.45) is 5.14 Å². The minimum absolute atomic E-state index is 0.194. The Morgan fingerprint density at radius 2 is 1.78 bits per heavy atom. The molecule has 122 valence electrons. The molecule has 0 heterocycles. The number of carbonyl (C=O) groups excluding carboxylic acids is 1. The van der Waals surface area contributed by atoms with Crippen LogP contribution in [-0.4, -0.2) is 20.1 Å². The van der Waals surface area contributed by atoms with Crippen LogP contribution in [0.5, 0.6) is 0 Å². The van der Waals surface area contributed by atoms with Crippen LogP contribution < -0.4 is 10.5 Å². The van der Waals surface area contributed by atoms with Gasteiger partial charge in [-0.3, -0.25) is 4.79 Å². The van der Waals surface area contributed by atoms with E-state index in [2.05, 4.69) is 5.32 Å². The van der Waals surface area contributed by atoms with Gasteiger partial charge in [0.15, 0.2) is 0 Å². The van der Waals surface area contributed by atoms with E-state index in [4.69, 9.17) is 5.14 Å². The molecule has 0 bridgehead atoms. The molecule has 0 saturated heterocycles. The second kappa shape index (κ2) is 7.63. The first-order valence-corrected chi connectivity index (χ1v) is 9.72. The van der Waals surface area contributed by atoms with E-state index in [0.717, 1.165) is 10.6 Å². The molecule has 0 fully saturated rings. The van der Waals surface area contributed by atoms with Gasteiger partial charge in [-0.25, -0.2) is 13.6 Å². The third kappa shape index (κ3) is 5.38. The van der Waals surface area contributed by atoms with Crippen molar-refractivity contribution in [2.75, 3.05) is 11.1 Å². The Labute approximate surface area is 140 Å². The Morgan fingerprint density at radius 1 is 1.13 bits per heavy atom. The van der Waals surface area contributed by atoms with E-state index in [1.54, 1.807) is 42.1 Å². The van der Waals surface area contributed by atoms with Gasteiger partial charge in [0.05, 0.1) is 11.3 Å². The number of nitrogens with two attached hydrogens (primary N) is 1. The smallest absolute Gasteiger partial charge is 0.256 e. The molecule has 0 radical (unpaired) electrons. The lowest BCUT2D eigenvalue weighted by Crippen LogP contribution is -2.15. The van der Waals surface area contributed by atoms with E-state index < -0.39 is 10.0 Å². The van der Waals surface area contributed by atoms with Gasteiger partial charge in [0.1, 0.15) is 0 Å². The van der Waals surface area contributed by atoms with Crippen molar-refractivity contribution in [1.82, 2.24) is 0 Å². The average Bonchev–Trinajstić information content (AvgIpc) is 2.48. The van der Waals surface area contributed by atoms with Crippen molar-refractivity contribution in [1.29, 1.82) is 0 Å². The summed E-state index contributed by atoms with van der Waals surface area (Å²) >= 11 is 1.61. The fourth-order valence-electron chi connectivity index (χ4n) is 2.05. The van der Waals surface area contributed by atoms with Crippen molar-refractivity contribution in [2.45, 2.75) is 17.6 Å². The lowest BCUT2D eigenvalue weighted by Gasteiger charge is -2.09. The molecule has 23 heavy (non-hydrogen) atoms. The number of primary sulfonamides is 1. The van der Waals surface area contributed by atoms with E-state index in [1.807, 2.05) is 25.1 Å². The number of carbonyl (C=O) groups is 1. The molecule has 7 heteroatoms. The van der Waals surface area contributed by atoms with Crippen molar-refractivity contribution in [3.63, 3.8) is 0 Å². The quantitative estimate of drug-likeness (QED) is 0.784. The zero-order valence-corrected chi connectivity index (χ0v) is 14.3. The number of sulfonamides is 1. The number of nitrogens with one attached hydrogen (secondary N) is 1. The lowest BCUT2D eigenvalue weighted by molar-refractivity contribution is 0.102. The number of benzene rings is 2. The first-order valence-electron chi connectivity index (χ1n) is 7.01. The number of hydrogen-bond donors (Lipinski definition) is 2. The maximum Gasteiger partial charge on any atom is 0.256 e. The molecule has 0 aromatic heterocycles. The van der Waals surface area contributed by atoms with Crippen molar-refractivity contribution < 1.29 is 13.2 Å². The summed E-state index contributed by atoms with van der Waals surface area (Å²) in [5, 5.41) is 7.82. The molecule has 3 N–H and O–H groups in total. The van der Waals surface area contributed by atoms with Crippen LogP contribution in [0.25, 0.3) is 0 Å². The van der Waals surface area contributed by atoms with E-state index in [-0.39, 0.29) is 11.7 Å². The van der Waals surface area contributed by atoms with Crippen LogP contribution in [-0.2, 0) is 15.8 Å². The van der Waals surface area contributed by atoms with Crippen LogP contribution in [0, 0.1) is 0 Å². The molecule has 1 amide bonds. The van der Waals surface area contributed by atoms with Gasteiger partial charge >= 0.3 is 0 Å². The predicted molar refractivity (Wildman–Crippen MR) is 94.0 cm³/mol. The van der Waals surface area contributed by atoms with Gasteiger partial charge in [-0.15, -0.1) is 11.8 Å². The molecule has 0 unspecified atom stereocenters. The van der Waals surface area contributed by atoms with Crippen molar-refractivity contribution in [3.05, 3.63) is 59.7 Å². The minimum Gasteiger partial charge on any atom is -0.322 e. The van der Waals surface area contributed by atoms with Gasteiger partial charge in [0.2, 0.25) is 10.0 Å². The number of anilines is 1. The summed E-state index contributed by atoms with van der Waals surface area (Å²) in [7, 11) is -3.56. The van der Waals surface area contributed by atoms with Gasteiger partial charge in [0.25, 0.3) is 5.91 Å². The zero-order valence-electron chi connectivity index (χ0n) is 12.7. The average molecular weight is 350 g/mol. The molecular formula is C16H18N2O3S2. The van der Waals surface area contributed by atoms with E-state index in [0.29, 0.717) is 16.8 Å². The second-order valence-corrected chi connectivity index (χ2v) is 7.81. The van der Waals surface area contributed by atoms with Crippen LogP contribution in [0.4, 0.5) is 5.69 Å². The fraction of sp³-hybridized carbons (Fsp3) is 0.188.